The number of piperidine rings is 2. The molecule has 8 rings (SSSR count). The number of anilines is 2. The topological polar surface area (TPSA) is 87.6 Å². The number of rotatable bonds is 4. The van der Waals surface area contributed by atoms with Crippen LogP contribution in [-0.4, -0.2) is 95.4 Å². The van der Waals surface area contributed by atoms with E-state index in [2.05, 4.69) is 19.6 Å². The summed E-state index contributed by atoms with van der Waals surface area (Å²) in [7, 11) is 0. The van der Waals surface area contributed by atoms with Gasteiger partial charge in [-0.05, 0) is 126 Å². The maximum absolute atomic E-state index is 13.6. The molecule has 0 radical (unpaired) electrons. The number of likely N-dealkylation sites (tertiary alicyclic amines) is 2. The molecule has 10 heteroatoms. The molecule has 8 nitrogen and oxygen atoms in total. The molecule has 2 spiro atoms. The molecule has 0 unspecified atom stereocenters. The molecular formula is C40H54F2N4O4. The Balaban J connectivity index is 0.000000157. The number of hydrogen-bond acceptors (Lipinski definition) is 6. The van der Waals surface area contributed by atoms with Gasteiger partial charge >= 0.3 is 0 Å². The molecule has 6 fully saturated rings. The number of aliphatic hydroxyl groups excluding tert-OH is 2. The molecule has 272 valence electrons. The first-order valence-electron chi connectivity index (χ1n) is 19.1. The molecule has 2 atom stereocenters. The number of benzene rings is 2. The van der Waals surface area contributed by atoms with Gasteiger partial charge < -0.3 is 29.8 Å². The lowest BCUT2D eigenvalue weighted by atomic mass is 9.78. The summed E-state index contributed by atoms with van der Waals surface area (Å²) in [5.74, 6) is 0.125. The molecule has 6 aliphatic rings. The first-order valence-corrected chi connectivity index (χ1v) is 19.1. The van der Waals surface area contributed by atoms with Crippen molar-refractivity contribution in [2.75, 3.05) is 49.1 Å². The Morgan fingerprint density at radius 1 is 0.560 bits per heavy atom. The van der Waals surface area contributed by atoms with Crippen molar-refractivity contribution in [3.05, 3.63) is 60.2 Å². The van der Waals surface area contributed by atoms with Crippen LogP contribution in [0.2, 0.25) is 0 Å². The highest BCUT2D eigenvalue weighted by atomic mass is 19.1. The minimum atomic E-state index is -0.305. The summed E-state index contributed by atoms with van der Waals surface area (Å²) in [5, 5.41) is 19.4. The van der Waals surface area contributed by atoms with Crippen molar-refractivity contribution in [1.82, 2.24) is 9.80 Å². The highest BCUT2D eigenvalue weighted by molar-refractivity contribution is 5.87. The fourth-order valence-corrected chi connectivity index (χ4v) is 9.94. The average Bonchev–Trinajstić information content (AvgIpc) is 3.60. The smallest absolute Gasteiger partial charge is 0.230 e. The summed E-state index contributed by atoms with van der Waals surface area (Å²) in [6.45, 7) is 4.82. The van der Waals surface area contributed by atoms with Crippen LogP contribution < -0.4 is 9.80 Å². The lowest BCUT2D eigenvalue weighted by Crippen LogP contribution is -2.50. The van der Waals surface area contributed by atoms with Gasteiger partial charge in [0.2, 0.25) is 11.8 Å². The zero-order valence-corrected chi connectivity index (χ0v) is 29.3. The maximum atomic E-state index is 13.6. The minimum Gasteiger partial charge on any atom is -0.393 e. The van der Waals surface area contributed by atoms with Gasteiger partial charge in [-0.25, -0.2) is 8.78 Å². The number of amides is 2. The lowest BCUT2D eigenvalue weighted by Gasteiger charge is -2.41. The van der Waals surface area contributed by atoms with Crippen molar-refractivity contribution in [3.63, 3.8) is 0 Å². The van der Waals surface area contributed by atoms with E-state index in [0.717, 1.165) is 127 Å². The largest absolute Gasteiger partial charge is 0.393 e. The van der Waals surface area contributed by atoms with Crippen molar-refractivity contribution >= 4 is 23.2 Å². The van der Waals surface area contributed by atoms with E-state index in [4.69, 9.17) is 0 Å². The van der Waals surface area contributed by atoms with Gasteiger partial charge in [-0.1, -0.05) is 12.1 Å². The van der Waals surface area contributed by atoms with Gasteiger partial charge in [0, 0.05) is 62.7 Å². The van der Waals surface area contributed by atoms with Crippen LogP contribution >= 0.6 is 0 Å². The van der Waals surface area contributed by atoms with Crippen LogP contribution in [-0.2, 0) is 9.59 Å². The number of aliphatic hydroxyl groups is 2. The summed E-state index contributed by atoms with van der Waals surface area (Å²) in [5.41, 5.74) is 1.15. The standard InChI is InChI=1S/2C20H27FN2O2/c2*21-15-3-1-4-17(13-15)22-11-2-9-20(14-22)10-12-23(19(20)25)16-5-7-18(24)8-6-16/h2*1,3-4,13,16,18,24H,2,5-12,14H2/t2*16?,18?,20-/m00/s1. The maximum Gasteiger partial charge on any atom is 0.230 e. The summed E-state index contributed by atoms with van der Waals surface area (Å²) in [6.07, 6.45) is 12.1. The monoisotopic (exact) mass is 692 g/mol. The molecule has 50 heavy (non-hydrogen) atoms. The average molecular weight is 693 g/mol. The summed E-state index contributed by atoms with van der Waals surface area (Å²) < 4.78 is 27.2. The third-order valence-corrected chi connectivity index (χ3v) is 12.8. The fourth-order valence-electron chi connectivity index (χ4n) is 9.94. The van der Waals surface area contributed by atoms with Gasteiger partial charge in [-0.15, -0.1) is 0 Å². The van der Waals surface area contributed by atoms with Gasteiger partial charge in [0.1, 0.15) is 11.6 Å². The number of nitrogens with zero attached hydrogens (tertiary/aromatic N) is 4. The molecule has 4 saturated heterocycles. The number of carbonyl (C=O) groups excluding carboxylic acids is 2. The molecule has 4 aliphatic heterocycles. The van der Waals surface area contributed by atoms with E-state index in [-0.39, 0.29) is 46.5 Å². The normalized spacial score (nSPS) is 33.3. The van der Waals surface area contributed by atoms with E-state index in [0.29, 0.717) is 25.2 Å². The first-order chi connectivity index (χ1) is 24.1. The Morgan fingerprint density at radius 3 is 1.34 bits per heavy atom. The Kier molecular flexibility index (Phi) is 10.4. The van der Waals surface area contributed by atoms with E-state index >= 15 is 0 Å². The van der Waals surface area contributed by atoms with Crippen molar-refractivity contribution < 1.29 is 28.6 Å². The zero-order chi connectivity index (χ0) is 34.9. The van der Waals surface area contributed by atoms with E-state index in [1.54, 1.807) is 24.3 Å². The quantitative estimate of drug-likeness (QED) is 0.416. The Morgan fingerprint density at radius 2 is 0.960 bits per heavy atom. The molecule has 2 aromatic carbocycles. The number of carbonyl (C=O) groups is 2. The predicted molar refractivity (Wildman–Crippen MR) is 190 cm³/mol. The second-order valence-corrected chi connectivity index (χ2v) is 16.0. The predicted octanol–water partition coefficient (Wildman–Crippen LogP) is 5.90. The van der Waals surface area contributed by atoms with Crippen LogP contribution in [0.1, 0.15) is 89.9 Å². The van der Waals surface area contributed by atoms with Crippen LogP contribution in [0.5, 0.6) is 0 Å². The van der Waals surface area contributed by atoms with Crippen LogP contribution in [0.25, 0.3) is 0 Å². The molecule has 2 aliphatic carbocycles. The third-order valence-electron chi connectivity index (χ3n) is 12.8. The first kappa shape index (κ1) is 35.2. The molecule has 2 N–H and O–H groups in total. The van der Waals surface area contributed by atoms with Crippen LogP contribution in [0, 0.1) is 22.5 Å². The van der Waals surface area contributed by atoms with Gasteiger partial charge in [-0.2, -0.15) is 0 Å². The third kappa shape index (κ3) is 7.25. The molecule has 0 bridgehead atoms. The van der Waals surface area contributed by atoms with Gasteiger partial charge in [-0.3, -0.25) is 9.59 Å². The Labute approximate surface area is 295 Å². The summed E-state index contributed by atoms with van der Waals surface area (Å²) in [6, 6.07) is 14.0. The summed E-state index contributed by atoms with van der Waals surface area (Å²) >= 11 is 0. The lowest BCUT2D eigenvalue weighted by molar-refractivity contribution is -0.140. The molecule has 2 aromatic rings. The number of hydrogen-bond donors (Lipinski definition) is 2. The van der Waals surface area contributed by atoms with Crippen molar-refractivity contribution in [2.45, 2.75) is 114 Å². The van der Waals surface area contributed by atoms with Gasteiger partial charge in [0.05, 0.1) is 23.0 Å². The second-order valence-electron chi connectivity index (χ2n) is 16.0. The van der Waals surface area contributed by atoms with E-state index in [1.807, 2.05) is 12.1 Å². The SMILES string of the molecule is O=C1N(C2CCC(O)CC2)CC[C@]12CCCN(c1cccc(F)c1)C2.O=C1N(C2CCC(O)CC2)CC[C@]12CCCN(c1cccc(F)c1)C2. The van der Waals surface area contributed by atoms with Gasteiger partial charge in [0.25, 0.3) is 0 Å². The zero-order valence-electron chi connectivity index (χ0n) is 29.3. The molecule has 0 aromatic heterocycles. The van der Waals surface area contributed by atoms with Gasteiger partial charge in [0.15, 0.2) is 0 Å². The Bertz CT molecular complexity index is 1400. The van der Waals surface area contributed by atoms with E-state index in [9.17, 15) is 28.6 Å². The highest BCUT2D eigenvalue weighted by Gasteiger charge is 2.52. The second kappa shape index (κ2) is 14.8. The molecule has 4 heterocycles. The van der Waals surface area contributed by atoms with Crippen molar-refractivity contribution in [1.29, 1.82) is 0 Å². The van der Waals surface area contributed by atoms with E-state index in [1.165, 1.54) is 12.1 Å². The van der Waals surface area contributed by atoms with Crippen molar-refractivity contribution in [2.24, 2.45) is 10.8 Å². The molecular weight excluding hydrogens is 638 g/mol. The summed E-state index contributed by atoms with van der Waals surface area (Å²) in [4.78, 5) is 35.1. The molecule has 2 saturated carbocycles. The highest BCUT2D eigenvalue weighted by Crippen LogP contribution is 2.45. The van der Waals surface area contributed by atoms with Crippen LogP contribution in [0.15, 0.2) is 48.5 Å². The van der Waals surface area contributed by atoms with Crippen LogP contribution in [0.4, 0.5) is 20.2 Å². The minimum absolute atomic E-state index is 0.193. The fraction of sp³-hybridized carbons (Fsp3) is 0.650. The van der Waals surface area contributed by atoms with Crippen LogP contribution in [0.3, 0.4) is 0 Å². The van der Waals surface area contributed by atoms with Crippen molar-refractivity contribution in [3.8, 4) is 0 Å². The van der Waals surface area contributed by atoms with E-state index < -0.39 is 0 Å². The number of halogens is 2. The molecule has 2 amide bonds. The Hall–Kier alpha value is -3.24.